The molecule has 5 heteroatoms. The quantitative estimate of drug-likeness (QED) is 0.356. The molecule has 1 aromatic heterocycles. The van der Waals surface area contributed by atoms with Gasteiger partial charge in [-0.2, -0.15) is 0 Å². The summed E-state index contributed by atoms with van der Waals surface area (Å²) in [6.45, 7) is 0. The Morgan fingerprint density at radius 2 is 1.41 bits per heavy atom. The van der Waals surface area contributed by atoms with E-state index in [2.05, 4.69) is 0 Å². The molecule has 0 aliphatic heterocycles. The van der Waals surface area contributed by atoms with Crippen LogP contribution in [0.5, 0.6) is 0 Å². The molecule has 0 bridgehead atoms. The van der Waals surface area contributed by atoms with Gasteiger partial charge in [0.15, 0.2) is 5.58 Å². The summed E-state index contributed by atoms with van der Waals surface area (Å²) in [7, 11) is 0. The van der Waals surface area contributed by atoms with Crippen LogP contribution in [0.3, 0.4) is 0 Å². The number of benzene rings is 2. The van der Waals surface area contributed by atoms with Crippen molar-refractivity contribution in [3.8, 4) is 0 Å². The van der Waals surface area contributed by atoms with Gasteiger partial charge in [-0.25, -0.2) is 0 Å². The van der Waals surface area contributed by atoms with Gasteiger partial charge in [-0.15, -0.1) is 0 Å². The molecule has 3 aromatic rings. The van der Waals surface area contributed by atoms with Gasteiger partial charge in [0.25, 0.3) is 0 Å². The van der Waals surface area contributed by atoms with Crippen LogP contribution >= 0.6 is 46.4 Å². The second kappa shape index (κ2) is 3.96. The fraction of sp³-hybridized carbons (Fsp3) is 0. The van der Waals surface area contributed by atoms with Crippen LogP contribution in [0.2, 0.25) is 20.1 Å². The van der Waals surface area contributed by atoms with Gasteiger partial charge in [0.1, 0.15) is 10.6 Å². The highest BCUT2D eigenvalue weighted by Crippen LogP contribution is 2.46. The summed E-state index contributed by atoms with van der Waals surface area (Å²) in [6.07, 6.45) is 0. The first-order valence-electron chi connectivity index (χ1n) is 4.74. The maximum absolute atomic E-state index is 6.19. The Bertz CT molecular complexity index is 745. The number of para-hydroxylation sites is 1. The Morgan fingerprint density at radius 3 is 2.18 bits per heavy atom. The summed E-state index contributed by atoms with van der Waals surface area (Å²) in [4.78, 5) is 0. The summed E-state index contributed by atoms with van der Waals surface area (Å²) in [5, 5.41) is 2.67. The van der Waals surface area contributed by atoms with E-state index in [4.69, 9.17) is 50.8 Å². The van der Waals surface area contributed by atoms with E-state index in [0.717, 1.165) is 5.39 Å². The third-order valence-electron chi connectivity index (χ3n) is 2.59. The van der Waals surface area contributed by atoms with Crippen LogP contribution in [0, 0.1) is 0 Å². The molecular weight excluding hydrogens is 308 g/mol. The SMILES string of the molecule is Clc1c(Cl)c(Cl)c2c(o[13c]3[13cH][13cH][13cH][13cH][13c]23)c1Cl. The maximum atomic E-state index is 6.19. The zero-order valence-corrected chi connectivity index (χ0v) is 11.3. The lowest BCUT2D eigenvalue weighted by Crippen LogP contribution is -1.77. The Kier molecular flexibility index (Phi) is 2.68. The Balaban J connectivity index is 2.67. The average molecular weight is 312 g/mol. The van der Waals surface area contributed by atoms with Crippen LogP contribution in [-0.4, -0.2) is 0 Å². The maximum Gasteiger partial charge on any atom is 0.157 e. The first-order valence-corrected chi connectivity index (χ1v) is 6.25. The lowest BCUT2D eigenvalue weighted by Gasteiger charge is -2.03. The molecule has 1 heterocycles. The van der Waals surface area contributed by atoms with Gasteiger partial charge in [0.2, 0.25) is 0 Å². The largest absolute Gasteiger partial charge is 0.454 e. The first kappa shape index (κ1) is 11.5. The third-order valence-corrected chi connectivity index (χ3v) is 4.38. The van der Waals surface area contributed by atoms with Gasteiger partial charge in [0, 0.05) is 10.8 Å². The molecule has 1 nitrogen and oxygen atoms in total. The van der Waals surface area contributed by atoms with Crippen LogP contribution in [0.1, 0.15) is 0 Å². The van der Waals surface area contributed by atoms with E-state index >= 15 is 0 Å². The molecule has 0 spiro atoms. The minimum atomic E-state index is 0.213. The second-order valence-electron chi connectivity index (χ2n) is 3.56. The predicted molar refractivity (Wildman–Crippen MR) is 73.8 cm³/mol. The van der Waals surface area contributed by atoms with Crippen LogP contribution in [0.15, 0.2) is 28.7 Å². The summed E-state index contributed by atoms with van der Waals surface area (Å²) in [6, 6.07) is 7.50. The molecule has 86 valence electrons. The number of fused-ring (bicyclic) bond motifs is 3. The highest BCUT2D eigenvalue weighted by molar-refractivity contribution is 6.55. The van der Waals surface area contributed by atoms with Crippen LogP contribution < -0.4 is 0 Å². The molecule has 0 atom stereocenters. The van der Waals surface area contributed by atoms with Crippen molar-refractivity contribution in [1.82, 2.24) is 0 Å². The van der Waals surface area contributed by atoms with Crippen molar-refractivity contribution >= 4 is 68.3 Å². The number of hydrogen-bond acceptors (Lipinski definition) is 1. The minimum absolute atomic E-state index is 0.213. The molecular formula is C12H4Cl4O. The van der Waals surface area contributed by atoms with E-state index in [1.807, 2.05) is 24.3 Å². The van der Waals surface area contributed by atoms with Gasteiger partial charge >= 0.3 is 0 Å². The smallest absolute Gasteiger partial charge is 0.157 e. The summed E-state index contributed by atoms with van der Waals surface area (Å²) < 4.78 is 5.64. The Hall–Kier alpha value is -0.600. The fourth-order valence-electron chi connectivity index (χ4n) is 1.82. The molecule has 2 aromatic carbocycles. The molecule has 0 N–H and O–H groups in total. The first-order chi connectivity index (χ1) is 8.11. The topological polar surface area (TPSA) is 13.1 Å². The predicted octanol–water partition coefficient (Wildman–Crippen LogP) is 6.20. The molecule has 0 aliphatic carbocycles. The molecule has 0 saturated heterocycles. The molecule has 0 aliphatic rings. The summed E-state index contributed by atoms with van der Waals surface area (Å²) in [5.41, 5.74) is 1.16. The molecule has 0 fully saturated rings. The molecule has 17 heavy (non-hydrogen) atoms. The highest BCUT2D eigenvalue weighted by atomic mass is 35.5. The normalized spacial score (nSPS) is 11.5. The molecule has 0 radical (unpaired) electrons. The van der Waals surface area contributed by atoms with Crippen LogP contribution in [-0.2, 0) is 0 Å². The minimum Gasteiger partial charge on any atom is -0.454 e. The molecule has 3 rings (SSSR count). The van der Waals surface area contributed by atoms with Crippen molar-refractivity contribution in [2.45, 2.75) is 0 Å². The zero-order valence-electron chi connectivity index (χ0n) is 8.23. The lowest BCUT2D eigenvalue weighted by atomic mass is 10.3. The van der Waals surface area contributed by atoms with E-state index in [0.29, 0.717) is 21.6 Å². The van der Waals surface area contributed by atoms with E-state index in [9.17, 15) is 0 Å². The number of hydrogen-bond donors (Lipinski definition) is 0. The van der Waals surface area contributed by atoms with Gasteiger partial charge in [-0.1, -0.05) is 64.6 Å². The monoisotopic (exact) mass is 310 g/mol. The van der Waals surface area contributed by atoms with E-state index < -0.39 is 0 Å². The van der Waals surface area contributed by atoms with Crippen molar-refractivity contribution in [3.05, 3.63) is 44.4 Å². The molecule has 0 unspecified atom stereocenters. The van der Waals surface area contributed by atoms with Crippen molar-refractivity contribution in [2.75, 3.05) is 0 Å². The van der Waals surface area contributed by atoms with Gasteiger partial charge < -0.3 is 4.42 Å². The van der Waals surface area contributed by atoms with Gasteiger partial charge in [-0.3, -0.25) is 0 Å². The number of rotatable bonds is 0. The van der Waals surface area contributed by atoms with Crippen molar-refractivity contribution in [1.29, 1.82) is 0 Å². The molecule has 0 saturated carbocycles. The van der Waals surface area contributed by atoms with E-state index in [1.54, 1.807) is 0 Å². The summed E-state index contributed by atoms with van der Waals surface area (Å²) in [5.74, 6) is 0. The van der Waals surface area contributed by atoms with E-state index in [1.165, 1.54) is 0 Å². The van der Waals surface area contributed by atoms with Crippen molar-refractivity contribution in [3.63, 3.8) is 0 Å². The standard InChI is InChI=1S/C12H4Cl4O/c13-8-7-5-3-1-2-4-6(5)17-12(7)11(16)10(15)9(8)14/h1-4H/i1+1,2+1,3+1,4+1,5+1,6+1. The Morgan fingerprint density at radius 1 is 0.765 bits per heavy atom. The average Bonchev–Trinajstić information content (AvgIpc) is 2.73. The Labute approximate surface area is 117 Å². The lowest BCUT2D eigenvalue weighted by molar-refractivity contribution is 0.669. The highest BCUT2D eigenvalue weighted by Gasteiger charge is 2.20. The number of furan rings is 1. The second-order valence-corrected chi connectivity index (χ2v) is 5.07. The zero-order chi connectivity index (χ0) is 12.2. The third kappa shape index (κ3) is 1.54. The summed E-state index contributed by atoms with van der Waals surface area (Å²) >= 11 is 24.3. The van der Waals surface area contributed by atoms with Gasteiger partial charge in [-0.05, 0) is 6.07 Å². The number of halogens is 4. The van der Waals surface area contributed by atoms with E-state index in [-0.39, 0.29) is 15.1 Å². The van der Waals surface area contributed by atoms with Crippen LogP contribution in [0.25, 0.3) is 21.9 Å². The van der Waals surface area contributed by atoms with Crippen LogP contribution in [0.4, 0.5) is 0 Å². The van der Waals surface area contributed by atoms with Gasteiger partial charge in [0.05, 0.1) is 15.1 Å². The molecule has 0 amide bonds. The van der Waals surface area contributed by atoms with Crippen molar-refractivity contribution in [2.24, 2.45) is 0 Å². The van der Waals surface area contributed by atoms with Crippen molar-refractivity contribution < 1.29 is 4.42 Å². The fourth-order valence-corrected chi connectivity index (χ4v) is 2.80.